The number of esters is 1. The van der Waals surface area contributed by atoms with E-state index in [0.29, 0.717) is 0 Å². The first-order chi connectivity index (χ1) is 15.6. The Morgan fingerprint density at radius 2 is 2.09 bits per heavy atom. The number of β-lactam (4-membered cyclic amide) rings is 1. The van der Waals surface area contributed by atoms with Gasteiger partial charge in [0.05, 0.1) is 0 Å². The van der Waals surface area contributed by atoms with Crippen molar-refractivity contribution in [2.45, 2.75) is 24.8 Å². The number of hydrogen-bond donors (Lipinski definition) is 3. The van der Waals surface area contributed by atoms with Gasteiger partial charge < -0.3 is 25.7 Å². The fraction of sp³-hybridized carbons (Fsp3) is 0.471. The minimum absolute atomic E-state index is 0.0621. The summed E-state index contributed by atoms with van der Waals surface area (Å²) < 4.78 is 6.34. The van der Waals surface area contributed by atoms with E-state index in [4.69, 9.17) is 15.3 Å². The van der Waals surface area contributed by atoms with Gasteiger partial charge in [-0.1, -0.05) is 5.16 Å². The highest BCUT2D eigenvalue weighted by molar-refractivity contribution is 8.12. The van der Waals surface area contributed by atoms with Crippen LogP contribution in [0.5, 0.6) is 0 Å². The Balaban J connectivity index is 1.70. The number of nitrogens with two attached hydrogens (primary N) is 1. The molecule has 3 aliphatic heterocycles. The van der Waals surface area contributed by atoms with E-state index in [-0.39, 0.29) is 47.1 Å². The van der Waals surface area contributed by atoms with Gasteiger partial charge >= 0.3 is 11.9 Å². The number of nitrogens with zero attached hydrogens (tertiary/aromatic N) is 4. The summed E-state index contributed by atoms with van der Waals surface area (Å²) in [6.45, 7) is 0.920. The fourth-order valence-corrected chi connectivity index (χ4v) is 5.11. The van der Waals surface area contributed by atoms with Crippen LogP contribution in [0.2, 0.25) is 0 Å². The van der Waals surface area contributed by atoms with Crippen LogP contribution in [0.25, 0.3) is 0 Å². The Labute approximate surface area is 195 Å². The standard InChI is InChI=1S/C17H20N6O8S2/c1-7(24)3-9(25)31-4-8-5-32-15-10(14(27)23(15)11(8)16(28)29)20-13(26)12(21-30-2)22-6-19-17(18)33-22/h10,15H,3-6H2,1-2H3,(H2,18,19)(H,20,26)(H,28,29)/b21-12-/t10-,15+/m1/s1. The average molecular weight is 501 g/mol. The summed E-state index contributed by atoms with van der Waals surface area (Å²) in [5, 5.41) is 15.4. The van der Waals surface area contributed by atoms with Crippen LogP contribution in [-0.2, 0) is 33.5 Å². The summed E-state index contributed by atoms with van der Waals surface area (Å²) in [6.07, 6.45) is -0.431. The molecule has 16 heteroatoms. The minimum atomic E-state index is -1.38. The molecule has 2 atom stereocenters. The zero-order valence-electron chi connectivity index (χ0n) is 17.5. The van der Waals surface area contributed by atoms with Crippen LogP contribution in [0, 0.1) is 0 Å². The molecule has 0 aromatic rings. The molecule has 3 heterocycles. The number of fused-ring (bicyclic) bond motifs is 1. The molecule has 0 aromatic carbocycles. The molecule has 33 heavy (non-hydrogen) atoms. The second-order valence-corrected chi connectivity index (χ2v) is 9.01. The molecule has 2 amide bonds. The quantitative estimate of drug-likeness (QED) is 0.0693. The first-order valence-electron chi connectivity index (χ1n) is 9.36. The maximum Gasteiger partial charge on any atom is 0.352 e. The fourth-order valence-electron chi connectivity index (χ4n) is 3.12. The molecule has 0 unspecified atom stereocenters. The van der Waals surface area contributed by atoms with Crippen molar-refractivity contribution in [2.75, 3.05) is 26.1 Å². The topological polar surface area (TPSA) is 193 Å². The number of carboxylic acid groups (broad SMARTS) is 1. The van der Waals surface area contributed by atoms with E-state index in [0.717, 1.165) is 16.8 Å². The number of ether oxygens (including phenoxy) is 1. The van der Waals surface area contributed by atoms with Gasteiger partial charge in [-0.15, -0.1) is 11.8 Å². The number of amidine groups is 2. The molecule has 0 aliphatic carbocycles. The van der Waals surface area contributed by atoms with E-state index < -0.39 is 41.6 Å². The Morgan fingerprint density at radius 1 is 1.36 bits per heavy atom. The van der Waals surface area contributed by atoms with Gasteiger partial charge in [0.25, 0.3) is 11.8 Å². The molecule has 3 rings (SSSR count). The second kappa shape index (κ2) is 10.1. The van der Waals surface area contributed by atoms with Crippen LogP contribution >= 0.6 is 23.7 Å². The number of Topliss-reactive ketones (excluding diaryl/α,β-unsaturated/α-hetero) is 1. The molecule has 1 fully saturated rings. The SMILES string of the molecule is CO/N=C(/C(=O)N[C@@H]1C(=O)N2C(C(=O)O)=C(COC(=O)CC(C)=O)CS[C@@H]12)N1CN=C(N)S1. The number of rotatable bonds is 7. The third-order valence-corrected chi connectivity index (χ3v) is 6.68. The van der Waals surface area contributed by atoms with Crippen LogP contribution in [0.1, 0.15) is 13.3 Å². The number of carboxylic acids is 1. The van der Waals surface area contributed by atoms with E-state index in [9.17, 15) is 29.1 Å². The lowest BCUT2D eigenvalue weighted by Crippen LogP contribution is -2.71. The molecule has 0 radical (unpaired) electrons. The largest absolute Gasteiger partial charge is 0.477 e. The predicted molar refractivity (Wildman–Crippen MR) is 116 cm³/mol. The van der Waals surface area contributed by atoms with Crippen molar-refractivity contribution in [1.29, 1.82) is 0 Å². The summed E-state index contributed by atoms with van der Waals surface area (Å²) in [7, 11) is 1.25. The molecule has 0 spiro atoms. The van der Waals surface area contributed by atoms with Crippen molar-refractivity contribution in [3.63, 3.8) is 0 Å². The Morgan fingerprint density at radius 3 is 2.67 bits per heavy atom. The number of oxime groups is 1. The number of hydrogen-bond acceptors (Lipinski definition) is 12. The molecule has 0 aromatic heterocycles. The van der Waals surface area contributed by atoms with Gasteiger partial charge in [-0.05, 0) is 6.92 Å². The summed E-state index contributed by atoms with van der Waals surface area (Å²) in [6, 6.07) is -1.01. The van der Waals surface area contributed by atoms with E-state index in [1.54, 1.807) is 0 Å². The van der Waals surface area contributed by atoms with Crippen molar-refractivity contribution in [1.82, 2.24) is 14.5 Å². The number of ketones is 1. The normalized spacial score (nSPS) is 22.3. The van der Waals surface area contributed by atoms with Crippen molar-refractivity contribution < 1.29 is 38.7 Å². The van der Waals surface area contributed by atoms with Crippen molar-refractivity contribution in [2.24, 2.45) is 15.9 Å². The van der Waals surface area contributed by atoms with Gasteiger partial charge in [0.1, 0.15) is 49.7 Å². The van der Waals surface area contributed by atoms with Crippen molar-refractivity contribution in [3.05, 3.63) is 11.3 Å². The number of carbonyl (C=O) groups is 5. The Kier molecular flexibility index (Phi) is 7.47. The van der Waals surface area contributed by atoms with Crippen LogP contribution in [-0.4, -0.2) is 92.4 Å². The maximum atomic E-state index is 12.7. The molecule has 0 saturated carbocycles. The first-order valence-corrected chi connectivity index (χ1v) is 11.2. The summed E-state index contributed by atoms with van der Waals surface area (Å²) in [5.41, 5.74) is 5.50. The second-order valence-electron chi connectivity index (χ2n) is 6.86. The van der Waals surface area contributed by atoms with E-state index in [1.807, 2.05) is 0 Å². The maximum absolute atomic E-state index is 12.7. The van der Waals surface area contributed by atoms with Gasteiger partial charge in [0.15, 0.2) is 5.17 Å². The van der Waals surface area contributed by atoms with E-state index >= 15 is 0 Å². The summed E-state index contributed by atoms with van der Waals surface area (Å²) in [4.78, 5) is 69.6. The molecular formula is C17H20N6O8S2. The predicted octanol–water partition coefficient (Wildman–Crippen LogP) is -1.56. The third-order valence-electron chi connectivity index (χ3n) is 4.51. The monoisotopic (exact) mass is 500 g/mol. The van der Waals surface area contributed by atoms with Crippen molar-refractivity contribution >= 4 is 64.2 Å². The van der Waals surface area contributed by atoms with E-state index in [1.165, 1.54) is 30.1 Å². The minimum Gasteiger partial charge on any atom is -0.477 e. The van der Waals surface area contributed by atoms with Crippen molar-refractivity contribution in [3.8, 4) is 0 Å². The van der Waals surface area contributed by atoms with Crippen LogP contribution in [0.4, 0.5) is 0 Å². The lowest BCUT2D eigenvalue weighted by molar-refractivity contribution is -0.150. The number of nitrogens with one attached hydrogen (secondary N) is 1. The highest BCUT2D eigenvalue weighted by atomic mass is 32.2. The van der Waals surface area contributed by atoms with E-state index in [2.05, 4.69) is 15.5 Å². The Hall–Kier alpha value is -3.27. The van der Waals surface area contributed by atoms with Gasteiger partial charge in [-0.3, -0.25) is 28.4 Å². The van der Waals surface area contributed by atoms with Crippen LogP contribution < -0.4 is 11.1 Å². The number of aliphatic imine (C=N–C) groups is 1. The molecule has 1 saturated heterocycles. The van der Waals surface area contributed by atoms with Gasteiger partial charge in [-0.25, -0.2) is 9.79 Å². The summed E-state index contributed by atoms with van der Waals surface area (Å²) in [5.74, 6) is -3.95. The van der Waals surface area contributed by atoms with Crippen LogP contribution in [0.15, 0.2) is 21.4 Å². The van der Waals surface area contributed by atoms with Gasteiger partial charge in [-0.2, -0.15) is 0 Å². The number of amides is 2. The third kappa shape index (κ3) is 5.22. The molecule has 178 valence electrons. The number of thioether (sulfide) groups is 1. The van der Waals surface area contributed by atoms with Gasteiger partial charge in [0.2, 0.25) is 5.84 Å². The molecular weight excluding hydrogens is 480 g/mol. The zero-order chi connectivity index (χ0) is 24.3. The van der Waals surface area contributed by atoms with Crippen LogP contribution in [0.3, 0.4) is 0 Å². The average Bonchev–Trinajstić information content (AvgIpc) is 3.18. The number of carbonyl (C=O) groups excluding carboxylic acids is 4. The van der Waals surface area contributed by atoms with Gasteiger partial charge in [0, 0.05) is 23.3 Å². The Bertz CT molecular complexity index is 996. The highest BCUT2D eigenvalue weighted by Gasteiger charge is 2.54. The molecule has 14 nitrogen and oxygen atoms in total. The molecule has 4 N–H and O–H groups in total. The lowest BCUT2D eigenvalue weighted by atomic mass is 10.0. The zero-order valence-corrected chi connectivity index (χ0v) is 19.1. The highest BCUT2D eigenvalue weighted by Crippen LogP contribution is 2.40. The smallest absolute Gasteiger partial charge is 0.352 e. The molecule has 3 aliphatic rings. The first kappa shape index (κ1) is 24.4. The number of aliphatic carboxylic acids is 1. The summed E-state index contributed by atoms with van der Waals surface area (Å²) >= 11 is 2.17. The molecule has 0 bridgehead atoms. The lowest BCUT2D eigenvalue weighted by Gasteiger charge is -2.49.